The van der Waals surface area contributed by atoms with Gasteiger partial charge in [-0.25, -0.2) is 9.67 Å². The highest BCUT2D eigenvalue weighted by molar-refractivity contribution is 8.27. The number of anilines is 1. The number of hydrogen-bond acceptors (Lipinski definition) is 7. The van der Waals surface area contributed by atoms with Crippen molar-refractivity contribution in [3.63, 3.8) is 0 Å². The molecule has 1 fully saturated rings. The van der Waals surface area contributed by atoms with Crippen LogP contribution in [0.3, 0.4) is 0 Å². The lowest BCUT2D eigenvalue weighted by Crippen LogP contribution is -2.33. The fraction of sp³-hybridized carbons (Fsp3) is 0.0769. The second kappa shape index (κ2) is 8.74. The Morgan fingerprint density at radius 2 is 1.75 bits per heavy atom. The monoisotopic (exact) mass is 530 g/mol. The average Bonchev–Trinajstić information content (AvgIpc) is 3.62. The van der Waals surface area contributed by atoms with Gasteiger partial charge >= 0.3 is 0 Å². The van der Waals surface area contributed by atoms with E-state index in [0.29, 0.717) is 32.1 Å². The van der Waals surface area contributed by atoms with Gasteiger partial charge in [0.1, 0.15) is 11.4 Å². The minimum atomic E-state index is -0.353. The number of nitrogens with zero attached hydrogens (tertiary/aromatic N) is 4. The third kappa shape index (κ3) is 3.65. The van der Waals surface area contributed by atoms with Gasteiger partial charge in [-0.3, -0.25) is 19.2 Å². The predicted molar refractivity (Wildman–Crippen MR) is 149 cm³/mol. The van der Waals surface area contributed by atoms with Crippen LogP contribution in [0.15, 0.2) is 80.8 Å². The van der Waals surface area contributed by atoms with Gasteiger partial charge in [0.15, 0.2) is 15.1 Å². The number of benzene rings is 2. The molecular weight excluding hydrogens is 513 g/mol. The average molecular weight is 531 g/mol. The van der Waals surface area contributed by atoms with Crippen LogP contribution in [-0.4, -0.2) is 24.6 Å². The largest absolute Gasteiger partial charge is 0.454 e. The van der Waals surface area contributed by atoms with Crippen molar-refractivity contribution in [3.05, 3.63) is 93.4 Å². The number of carbonyl (C=O) groups excluding carboxylic acids is 1. The van der Waals surface area contributed by atoms with Gasteiger partial charge in [0.25, 0.3) is 11.5 Å². The Hall–Kier alpha value is -3.73. The third-order valence-electron chi connectivity index (χ3n) is 5.95. The topological polar surface area (TPSA) is 73.3 Å². The highest BCUT2D eigenvalue weighted by Crippen LogP contribution is 2.37. The first-order valence-electron chi connectivity index (χ1n) is 11.0. The molecular formula is C26H18N4O3S3. The van der Waals surface area contributed by atoms with Crippen LogP contribution in [0.2, 0.25) is 0 Å². The van der Waals surface area contributed by atoms with Gasteiger partial charge in [0.05, 0.1) is 26.5 Å². The number of thiocarbonyl (C=S) groups is 1. The Morgan fingerprint density at radius 1 is 1.00 bits per heavy atom. The maximum atomic E-state index is 13.4. The number of thiazole rings is 1. The standard InChI is InChI=1S/C26H18N4O3S3/c1-15-22(25(32)30(28(15)2)16-8-4-3-5-9-16)29-24(31)21(36-26(29)34)14-17-12-13-19(33-17)23-27-18-10-6-7-11-20(18)35-23/h3-14H,1-2H3/b21-14-. The number of furan rings is 1. The van der Waals surface area contributed by atoms with Crippen LogP contribution in [0.4, 0.5) is 5.69 Å². The fourth-order valence-electron chi connectivity index (χ4n) is 4.12. The highest BCUT2D eigenvalue weighted by Gasteiger charge is 2.38. The molecule has 3 aromatic heterocycles. The summed E-state index contributed by atoms with van der Waals surface area (Å²) in [7, 11) is 1.78. The molecule has 0 N–H and O–H groups in total. The van der Waals surface area contributed by atoms with Crippen LogP contribution in [-0.2, 0) is 11.8 Å². The maximum Gasteiger partial charge on any atom is 0.296 e. The molecule has 178 valence electrons. The molecule has 0 aliphatic carbocycles. The van der Waals surface area contributed by atoms with Crippen molar-refractivity contribution < 1.29 is 9.21 Å². The van der Waals surface area contributed by atoms with Crippen molar-refractivity contribution in [1.29, 1.82) is 0 Å². The molecule has 1 amide bonds. The maximum absolute atomic E-state index is 13.4. The smallest absolute Gasteiger partial charge is 0.296 e. The van der Waals surface area contributed by atoms with Crippen LogP contribution < -0.4 is 10.5 Å². The summed E-state index contributed by atoms with van der Waals surface area (Å²) in [6, 6.07) is 20.8. The van der Waals surface area contributed by atoms with Gasteiger partial charge in [-0.15, -0.1) is 11.3 Å². The molecule has 0 bridgehead atoms. The predicted octanol–water partition coefficient (Wildman–Crippen LogP) is 5.76. The lowest BCUT2D eigenvalue weighted by atomic mass is 10.3. The SMILES string of the molecule is Cc1c(N2C(=O)/C(=C/c3ccc(-c4nc5ccccc5s4)o3)SC2=S)c(=O)n(-c2ccccc2)n1C. The normalized spacial score (nSPS) is 15.1. The van der Waals surface area contributed by atoms with Gasteiger partial charge in [-0.1, -0.05) is 54.3 Å². The Morgan fingerprint density at radius 3 is 2.53 bits per heavy atom. The first-order valence-corrected chi connectivity index (χ1v) is 13.0. The van der Waals surface area contributed by atoms with E-state index in [0.717, 1.165) is 27.0 Å². The number of fused-ring (bicyclic) bond motifs is 1. The molecule has 0 unspecified atom stereocenters. The Balaban J connectivity index is 1.33. The number of thioether (sulfide) groups is 1. The van der Waals surface area contributed by atoms with Crippen molar-refractivity contribution in [3.8, 4) is 16.5 Å². The zero-order valence-electron chi connectivity index (χ0n) is 19.2. The molecule has 1 aliphatic rings. The van der Waals surface area contributed by atoms with E-state index in [1.165, 1.54) is 9.58 Å². The van der Waals surface area contributed by atoms with E-state index in [1.54, 1.807) is 42.1 Å². The first-order chi connectivity index (χ1) is 17.4. The summed E-state index contributed by atoms with van der Waals surface area (Å²) in [5.41, 5.74) is 2.20. The molecule has 2 aromatic carbocycles. The number of amides is 1. The van der Waals surface area contributed by atoms with Gasteiger partial charge in [0, 0.05) is 13.1 Å². The van der Waals surface area contributed by atoms with E-state index in [4.69, 9.17) is 16.6 Å². The van der Waals surface area contributed by atoms with E-state index >= 15 is 0 Å². The molecule has 0 spiro atoms. The number of carbonyl (C=O) groups is 1. The van der Waals surface area contributed by atoms with E-state index in [9.17, 15) is 9.59 Å². The summed E-state index contributed by atoms with van der Waals surface area (Å²) in [6.45, 7) is 1.80. The summed E-state index contributed by atoms with van der Waals surface area (Å²) in [5, 5.41) is 0.768. The van der Waals surface area contributed by atoms with Crippen LogP contribution in [0.5, 0.6) is 0 Å². The third-order valence-corrected chi connectivity index (χ3v) is 8.30. The Bertz CT molecular complexity index is 1720. The second-order valence-corrected chi connectivity index (χ2v) is 10.8. The van der Waals surface area contributed by atoms with Crippen molar-refractivity contribution in [2.75, 3.05) is 4.90 Å². The van der Waals surface area contributed by atoms with Crippen LogP contribution in [0.1, 0.15) is 11.5 Å². The highest BCUT2D eigenvalue weighted by atomic mass is 32.2. The molecule has 1 saturated heterocycles. The molecule has 10 heteroatoms. The van der Waals surface area contributed by atoms with Gasteiger partial charge in [0.2, 0.25) is 0 Å². The number of rotatable bonds is 4. The lowest BCUT2D eigenvalue weighted by Gasteiger charge is -2.12. The molecule has 7 nitrogen and oxygen atoms in total. The van der Waals surface area contributed by atoms with E-state index in [-0.39, 0.29) is 17.2 Å². The number of hydrogen-bond donors (Lipinski definition) is 0. The second-order valence-electron chi connectivity index (χ2n) is 8.12. The zero-order chi connectivity index (χ0) is 25.0. The van der Waals surface area contributed by atoms with Crippen molar-refractivity contribution in [1.82, 2.24) is 14.3 Å². The van der Waals surface area contributed by atoms with E-state index in [2.05, 4.69) is 4.98 Å². The molecule has 4 heterocycles. The Kier molecular flexibility index (Phi) is 5.51. The lowest BCUT2D eigenvalue weighted by molar-refractivity contribution is -0.113. The molecule has 5 aromatic rings. The van der Waals surface area contributed by atoms with Crippen LogP contribution in [0.25, 0.3) is 32.7 Å². The fourth-order valence-corrected chi connectivity index (χ4v) is 6.30. The molecule has 0 atom stereocenters. The van der Waals surface area contributed by atoms with Gasteiger partial charge < -0.3 is 4.42 Å². The van der Waals surface area contributed by atoms with Crippen LogP contribution >= 0.6 is 35.3 Å². The van der Waals surface area contributed by atoms with E-state index in [1.807, 2.05) is 60.7 Å². The quantitative estimate of drug-likeness (QED) is 0.217. The number of aromatic nitrogens is 3. The summed E-state index contributed by atoms with van der Waals surface area (Å²) in [4.78, 5) is 33.2. The number of para-hydroxylation sites is 2. The molecule has 36 heavy (non-hydrogen) atoms. The van der Waals surface area contributed by atoms with Crippen LogP contribution in [0, 0.1) is 6.92 Å². The van der Waals surface area contributed by atoms with Crippen molar-refractivity contribution in [2.45, 2.75) is 6.92 Å². The summed E-state index contributed by atoms with van der Waals surface area (Å²) < 4.78 is 10.6. The molecule has 1 aliphatic heterocycles. The van der Waals surface area contributed by atoms with Crippen molar-refractivity contribution in [2.24, 2.45) is 7.05 Å². The molecule has 0 radical (unpaired) electrons. The Labute approximate surface area is 219 Å². The van der Waals surface area contributed by atoms with Gasteiger partial charge in [-0.05, 0) is 43.3 Å². The summed E-state index contributed by atoms with van der Waals surface area (Å²) in [6.07, 6.45) is 1.66. The van der Waals surface area contributed by atoms with Gasteiger partial charge in [-0.2, -0.15) is 0 Å². The summed E-state index contributed by atoms with van der Waals surface area (Å²) in [5.74, 6) is 0.785. The minimum absolute atomic E-state index is 0.252. The molecule has 0 saturated carbocycles. The van der Waals surface area contributed by atoms with E-state index < -0.39 is 0 Å². The van der Waals surface area contributed by atoms with Crippen molar-refractivity contribution >= 4 is 67.5 Å². The minimum Gasteiger partial charge on any atom is -0.454 e. The first kappa shape index (κ1) is 22.7. The molecule has 6 rings (SSSR count). The zero-order valence-corrected chi connectivity index (χ0v) is 21.6. The summed E-state index contributed by atoms with van der Waals surface area (Å²) >= 11 is 8.22.